The molecule has 0 unspecified atom stereocenters. The second-order valence-corrected chi connectivity index (χ2v) is 7.19. The van der Waals surface area contributed by atoms with Gasteiger partial charge >= 0.3 is 6.03 Å². The molecule has 1 aliphatic carbocycles. The second kappa shape index (κ2) is 5.86. The van der Waals surface area contributed by atoms with Crippen LogP contribution in [0.3, 0.4) is 0 Å². The summed E-state index contributed by atoms with van der Waals surface area (Å²) in [4.78, 5) is 23.5. The van der Waals surface area contributed by atoms with Gasteiger partial charge in [-0.2, -0.15) is 0 Å². The van der Waals surface area contributed by atoms with E-state index >= 15 is 0 Å². The summed E-state index contributed by atoms with van der Waals surface area (Å²) in [5, 5.41) is 18.0. The van der Waals surface area contributed by atoms with Crippen LogP contribution in [0.25, 0.3) is 0 Å². The molecular weight excluding hydrogens is 326 g/mol. The lowest BCUT2D eigenvalue weighted by molar-refractivity contribution is -0.115. The minimum Gasteiger partial charge on any atom is -0.331 e. The number of benzene rings is 1. The Hall–Kier alpha value is -2.48. The fourth-order valence-corrected chi connectivity index (χ4v) is 3.62. The van der Waals surface area contributed by atoms with Crippen LogP contribution in [0.15, 0.2) is 18.2 Å². The van der Waals surface area contributed by atoms with E-state index in [1.807, 2.05) is 25.1 Å². The number of hydrogen-bond acceptors (Lipinski definition) is 5. The fourth-order valence-electron chi connectivity index (χ4n) is 2.71. The third-order valence-corrected chi connectivity index (χ3v) is 5.19. The topological polar surface area (TPSA) is 96.0 Å². The molecule has 7 nitrogen and oxygen atoms in total. The summed E-state index contributed by atoms with van der Waals surface area (Å²) < 4.78 is 0. The van der Waals surface area contributed by atoms with Crippen molar-refractivity contribution in [1.29, 1.82) is 0 Å². The van der Waals surface area contributed by atoms with Crippen LogP contribution in [0.4, 0.5) is 15.6 Å². The summed E-state index contributed by atoms with van der Waals surface area (Å²) in [7, 11) is 0. The molecule has 0 bridgehead atoms. The lowest BCUT2D eigenvalue weighted by Crippen LogP contribution is -2.31. The first-order valence-electron chi connectivity index (χ1n) is 7.92. The van der Waals surface area contributed by atoms with E-state index < -0.39 is 0 Å². The zero-order valence-electron chi connectivity index (χ0n) is 13.1. The number of anilines is 2. The van der Waals surface area contributed by atoms with Gasteiger partial charge in [-0.05, 0) is 37.0 Å². The van der Waals surface area contributed by atoms with Crippen molar-refractivity contribution in [2.75, 3.05) is 10.6 Å². The average molecular weight is 343 g/mol. The summed E-state index contributed by atoms with van der Waals surface area (Å²) in [6.45, 7) is 1.90. The Morgan fingerprint density at radius 3 is 3.00 bits per heavy atom. The number of fused-ring (bicyclic) bond motifs is 1. The molecule has 2 aliphatic rings. The van der Waals surface area contributed by atoms with Gasteiger partial charge in [-0.15, -0.1) is 10.2 Å². The van der Waals surface area contributed by atoms with Crippen LogP contribution in [0.5, 0.6) is 0 Å². The van der Waals surface area contributed by atoms with Crippen molar-refractivity contribution < 1.29 is 9.59 Å². The van der Waals surface area contributed by atoms with Crippen LogP contribution in [0, 0.1) is 0 Å². The summed E-state index contributed by atoms with van der Waals surface area (Å²) >= 11 is 1.43. The van der Waals surface area contributed by atoms with Gasteiger partial charge in [-0.25, -0.2) is 4.79 Å². The first-order valence-corrected chi connectivity index (χ1v) is 8.74. The van der Waals surface area contributed by atoms with Gasteiger partial charge < -0.3 is 10.6 Å². The predicted octanol–water partition coefficient (Wildman–Crippen LogP) is 2.79. The van der Waals surface area contributed by atoms with Gasteiger partial charge in [0.25, 0.3) is 0 Å². The highest BCUT2D eigenvalue weighted by molar-refractivity contribution is 7.15. The molecule has 124 valence electrons. The second-order valence-electron chi connectivity index (χ2n) is 6.18. The van der Waals surface area contributed by atoms with E-state index in [1.54, 1.807) is 0 Å². The van der Waals surface area contributed by atoms with Crippen molar-refractivity contribution in [2.24, 2.45) is 0 Å². The Morgan fingerprint density at radius 1 is 1.38 bits per heavy atom. The molecule has 3 amide bonds. The number of aromatic nitrogens is 2. The standard InChI is InChI=1S/C16H17N5O2S/c1-8(10-4-5-12-11(6-10)7-13(22)18-12)17-15(23)19-16-21-20-14(24-16)9-2-3-9/h4-6,8-9H,2-3,7H2,1H3,(H,18,22)(H2,17,19,21,23)/t8-/m0/s1. The first kappa shape index (κ1) is 15.1. The van der Waals surface area contributed by atoms with E-state index in [2.05, 4.69) is 26.1 Å². The highest BCUT2D eigenvalue weighted by atomic mass is 32.1. The van der Waals surface area contributed by atoms with E-state index in [9.17, 15) is 9.59 Å². The molecular formula is C16H17N5O2S. The zero-order chi connectivity index (χ0) is 16.7. The highest BCUT2D eigenvalue weighted by Gasteiger charge is 2.28. The van der Waals surface area contributed by atoms with Crippen molar-refractivity contribution in [3.63, 3.8) is 0 Å². The molecule has 0 radical (unpaired) electrons. The number of rotatable bonds is 4. The van der Waals surface area contributed by atoms with E-state index in [0.29, 0.717) is 17.5 Å². The third-order valence-electron chi connectivity index (χ3n) is 4.19. The van der Waals surface area contributed by atoms with Crippen LogP contribution in [-0.2, 0) is 11.2 Å². The van der Waals surface area contributed by atoms with Crippen molar-refractivity contribution in [3.8, 4) is 0 Å². The zero-order valence-corrected chi connectivity index (χ0v) is 13.9. The van der Waals surface area contributed by atoms with Crippen LogP contribution < -0.4 is 16.0 Å². The lowest BCUT2D eigenvalue weighted by atomic mass is 10.0. The van der Waals surface area contributed by atoms with E-state index in [4.69, 9.17) is 0 Å². The van der Waals surface area contributed by atoms with E-state index in [0.717, 1.165) is 34.7 Å². The highest BCUT2D eigenvalue weighted by Crippen LogP contribution is 2.42. The molecule has 1 aromatic carbocycles. The summed E-state index contributed by atoms with van der Waals surface area (Å²) in [5.41, 5.74) is 2.77. The number of hydrogen-bond donors (Lipinski definition) is 3. The monoisotopic (exact) mass is 343 g/mol. The van der Waals surface area contributed by atoms with Gasteiger partial charge in [0, 0.05) is 11.6 Å². The number of urea groups is 1. The SMILES string of the molecule is C[C@H](NC(=O)Nc1nnc(C2CC2)s1)c1ccc2c(c1)CC(=O)N2. The van der Waals surface area contributed by atoms with Crippen molar-refractivity contribution in [3.05, 3.63) is 34.3 Å². The molecule has 3 N–H and O–H groups in total. The molecule has 0 saturated heterocycles. The lowest BCUT2D eigenvalue weighted by Gasteiger charge is -2.15. The Morgan fingerprint density at radius 2 is 2.21 bits per heavy atom. The molecule has 1 saturated carbocycles. The molecule has 4 rings (SSSR count). The van der Waals surface area contributed by atoms with Crippen LogP contribution in [0.2, 0.25) is 0 Å². The largest absolute Gasteiger partial charge is 0.331 e. The van der Waals surface area contributed by atoms with Gasteiger partial charge in [-0.1, -0.05) is 23.5 Å². The fraction of sp³-hybridized carbons (Fsp3) is 0.375. The molecule has 2 heterocycles. The maximum atomic E-state index is 12.1. The van der Waals surface area contributed by atoms with Crippen molar-refractivity contribution in [1.82, 2.24) is 15.5 Å². The van der Waals surface area contributed by atoms with E-state index in [-0.39, 0.29) is 18.0 Å². The normalized spacial score (nSPS) is 17.1. The smallest absolute Gasteiger partial charge is 0.321 e. The van der Waals surface area contributed by atoms with Gasteiger partial charge in [0.05, 0.1) is 12.5 Å². The summed E-state index contributed by atoms with van der Waals surface area (Å²) in [6.07, 6.45) is 2.71. The number of nitrogens with zero attached hydrogens (tertiary/aromatic N) is 2. The summed E-state index contributed by atoms with van der Waals surface area (Å²) in [5.74, 6) is 0.533. The molecule has 8 heteroatoms. The molecule has 1 aliphatic heterocycles. The van der Waals surface area contributed by atoms with Gasteiger partial charge in [0.15, 0.2) is 0 Å². The minimum atomic E-state index is -0.310. The van der Waals surface area contributed by atoms with Gasteiger partial charge in [0.1, 0.15) is 5.01 Å². The third kappa shape index (κ3) is 3.09. The molecule has 1 atom stereocenters. The van der Waals surface area contributed by atoms with Gasteiger partial charge in [0.2, 0.25) is 11.0 Å². The molecule has 1 aromatic heterocycles. The summed E-state index contributed by atoms with van der Waals surface area (Å²) in [6, 6.07) is 5.25. The van der Waals surface area contributed by atoms with Crippen LogP contribution in [-0.4, -0.2) is 22.1 Å². The maximum absolute atomic E-state index is 12.1. The van der Waals surface area contributed by atoms with Crippen LogP contribution in [0.1, 0.15) is 47.9 Å². The number of nitrogens with one attached hydrogen (secondary N) is 3. The maximum Gasteiger partial charge on any atom is 0.321 e. The number of carbonyl (C=O) groups excluding carboxylic acids is 2. The Bertz CT molecular complexity index is 815. The quantitative estimate of drug-likeness (QED) is 0.795. The first-order chi connectivity index (χ1) is 11.6. The molecule has 2 aromatic rings. The molecule has 24 heavy (non-hydrogen) atoms. The molecule has 0 spiro atoms. The Kier molecular flexibility index (Phi) is 3.68. The van der Waals surface area contributed by atoms with Crippen molar-refractivity contribution in [2.45, 2.75) is 38.1 Å². The minimum absolute atomic E-state index is 0.00300. The van der Waals surface area contributed by atoms with E-state index in [1.165, 1.54) is 11.3 Å². The van der Waals surface area contributed by atoms with Crippen molar-refractivity contribution >= 4 is 34.1 Å². The van der Waals surface area contributed by atoms with Gasteiger partial charge in [-0.3, -0.25) is 10.1 Å². The Labute approximate surface area is 142 Å². The van der Waals surface area contributed by atoms with Crippen LogP contribution >= 0.6 is 11.3 Å². The number of carbonyl (C=O) groups is 2. The Balaban J connectivity index is 1.38. The predicted molar refractivity (Wildman–Crippen MR) is 91.2 cm³/mol. The molecule has 1 fully saturated rings. The number of amides is 3. The average Bonchev–Trinajstić information content (AvgIpc) is 3.17.